The van der Waals surface area contributed by atoms with Crippen molar-refractivity contribution in [3.8, 4) is 0 Å². The fourth-order valence-electron chi connectivity index (χ4n) is 7.19. The number of fused-ring (bicyclic) bond motifs is 1. The van der Waals surface area contributed by atoms with E-state index in [0.717, 1.165) is 54.8 Å². The first-order valence-electron chi connectivity index (χ1n) is 23.3. The van der Waals surface area contributed by atoms with E-state index in [0.29, 0.717) is 24.8 Å². The van der Waals surface area contributed by atoms with Gasteiger partial charge in [0, 0.05) is 62.4 Å². The number of carbonyl (C=O) groups excluding carboxylic acids is 7. The van der Waals surface area contributed by atoms with Crippen LogP contribution in [0.4, 0.5) is 5.95 Å². The van der Waals surface area contributed by atoms with Crippen LogP contribution in [0.1, 0.15) is 88.1 Å². The van der Waals surface area contributed by atoms with Crippen molar-refractivity contribution in [2.24, 2.45) is 22.4 Å². The second-order valence-electron chi connectivity index (χ2n) is 16.9. The number of aliphatic imine (C=N–C) groups is 1. The first-order valence-corrected chi connectivity index (χ1v) is 23.3. The van der Waals surface area contributed by atoms with Gasteiger partial charge < -0.3 is 58.8 Å². The number of guanidine groups is 1. The molecule has 13 N–H and O–H groups in total. The Balaban J connectivity index is 0.000000336. The molecule has 23 heteroatoms. The highest BCUT2D eigenvalue weighted by atomic mass is 16.4. The molecule has 1 saturated heterocycles. The molecule has 0 spiro atoms. The van der Waals surface area contributed by atoms with Gasteiger partial charge >= 0.3 is 5.97 Å². The van der Waals surface area contributed by atoms with Crippen LogP contribution in [-0.2, 0) is 46.5 Å². The molecule has 0 bridgehead atoms. The van der Waals surface area contributed by atoms with Gasteiger partial charge in [0.2, 0.25) is 29.5 Å². The molecule has 70 heavy (non-hydrogen) atoms. The minimum absolute atomic E-state index is 0.0914. The SMILES string of the molecule is CC(CNC(=O)c1ccc2c(cnn2CCCNc2ncc[nH]2)c1)C(=O)O.CCCCC[C@@H]1NC(=O)[C@@H](Cc2ccccc2)NC(=O)[C@H](CC(C)=O)NC(=O)CNC(=O)[C@H](CCCN=C(N)N)NC1=O. The Morgan fingerprint density at radius 2 is 1.56 bits per heavy atom. The summed E-state index contributed by atoms with van der Waals surface area (Å²) >= 11 is 0. The number of ketones is 1. The summed E-state index contributed by atoms with van der Waals surface area (Å²) in [6.07, 6.45) is 8.93. The largest absolute Gasteiger partial charge is 0.481 e. The number of hydrogen-bond acceptors (Lipinski definition) is 12. The molecular weight excluding hydrogens is 905 g/mol. The second-order valence-corrected chi connectivity index (χ2v) is 16.9. The highest BCUT2D eigenvalue weighted by Gasteiger charge is 2.33. The van der Waals surface area contributed by atoms with Gasteiger partial charge in [-0.1, -0.05) is 63.4 Å². The number of anilines is 1. The Morgan fingerprint density at radius 1 is 0.871 bits per heavy atom. The summed E-state index contributed by atoms with van der Waals surface area (Å²) in [5.41, 5.74) is 12.9. The van der Waals surface area contributed by atoms with Gasteiger partial charge in [-0.3, -0.25) is 48.0 Å². The number of carbonyl (C=O) groups is 8. The zero-order valence-corrected chi connectivity index (χ0v) is 39.8. The number of aromatic nitrogens is 4. The third-order valence-corrected chi connectivity index (χ3v) is 11.0. The van der Waals surface area contributed by atoms with E-state index in [4.69, 9.17) is 16.6 Å². The Hall–Kier alpha value is -7.85. The number of H-pyrrole nitrogens is 1. The maximum atomic E-state index is 13.6. The van der Waals surface area contributed by atoms with E-state index in [1.807, 2.05) is 23.7 Å². The van der Waals surface area contributed by atoms with Gasteiger partial charge in [-0.25, -0.2) is 4.98 Å². The molecule has 4 aromatic rings. The zero-order valence-electron chi connectivity index (χ0n) is 39.8. The number of aryl methyl sites for hydroxylation is 1. The smallest absolute Gasteiger partial charge is 0.308 e. The molecule has 1 fully saturated rings. The van der Waals surface area contributed by atoms with Crippen molar-refractivity contribution in [3.05, 3.63) is 78.2 Å². The average Bonchev–Trinajstić information content (AvgIpc) is 4.01. The summed E-state index contributed by atoms with van der Waals surface area (Å²) in [6, 6.07) is 9.86. The van der Waals surface area contributed by atoms with Crippen LogP contribution in [0, 0.1) is 5.92 Å². The molecule has 1 unspecified atom stereocenters. The van der Waals surface area contributed by atoms with Crippen LogP contribution in [0.3, 0.4) is 0 Å². The molecule has 5 atom stereocenters. The fourth-order valence-corrected chi connectivity index (χ4v) is 7.19. The van der Waals surface area contributed by atoms with Crippen LogP contribution in [0.2, 0.25) is 0 Å². The first kappa shape index (κ1) is 54.8. The van der Waals surface area contributed by atoms with Crippen LogP contribution in [0.25, 0.3) is 10.9 Å². The molecule has 0 radical (unpaired) electrons. The van der Waals surface area contributed by atoms with E-state index in [-0.39, 0.29) is 50.0 Å². The Labute approximate surface area is 405 Å². The normalized spacial score (nSPS) is 18.2. The number of benzene rings is 2. The summed E-state index contributed by atoms with van der Waals surface area (Å²) < 4.78 is 1.90. The molecule has 23 nitrogen and oxygen atoms in total. The third kappa shape index (κ3) is 18.7. The number of Topliss-reactive ketones (excluding diaryl/α,β-unsaturated/α-hetero) is 1. The standard InChI is InChI=1S/C29H44N8O6.C18H22N6O3/c1-3-4-6-12-21-26(41)35-20(13-9-14-32-29(30)31)25(40)33-17-24(39)34-22(15-18(2)38)27(42)37-23(28(43)36-21)16-19-10-7-5-8-11-19;1-12(17(26)27)10-22-16(25)13-3-4-15-14(9-13)11-23-24(15)8-2-5-19-18-20-6-7-21-18/h5,7-8,10-11,20-23H,3-4,6,9,12-17H2,1-2H3,(H,33,40)(H,34,39)(H,35,41)(H,36,43)(H,37,42)(H4,30,31,32);3-4,6-7,9,11-12H,2,5,8,10H2,1H3,(H,22,25)(H,26,27)(H2,19,20,21)/t20-,21-,22-,23+;/m0./s1. The van der Waals surface area contributed by atoms with Gasteiger partial charge in [0.15, 0.2) is 11.9 Å². The third-order valence-electron chi connectivity index (χ3n) is 11.0. The number of nitrogens with zero attached hydrogens (tertiary/aromatic N) is 4. The van der Waals surface area contributed by atoms with Crippen molar-refractivity contribution in [1.29, 1.82) is 0 Å². The molecule has 378 valence electrons. The van der Waals surface area contributed by atoms with Crippen LogP contribution >= 0.6 is 0 Å². The van der Waals surface area contributed by atoms with Crippen molar-refractivity contribution in [1.82, 2.24) is 51.6 Å². The summed E-state index contributed by atoms with van der Waals surface area (Å²) in [6.45, 7) is 6.12. The van der Waals surface area contributed by atoms with Gasteiger partial charge in [0.25, 0.3) is 5.91 Å². The number of unbranched alkanes of at least 4 members (excludes halogenated alkanes) is 2. The number of aromatic amines is 1. The number of nitrogens with two attached hydrogens (primary N) is 2. The lowest BCUT2D eigenvalue weighted by molar-refractivity contribution is -0.141. The maximum absolute atomic E-state index is 13.6. The van der Waals surface area contributed by atoms with Gasteiger partial charge in [-0.2, -0.15) is 5.10 Å². The number of nitrogens with one attached hydrogen (secondary N) is 8. The Morgan fingerprint density at radius 3 is 2.23 bits per heavy atom. The molecule has 1 aliphatic rings. The topological polar surface area (TPSA) is 352 Å². The number of aliphatic carboxylic acids is 1. The predicted molar refractivity (Wildman–Crippen MR) is 261 cm³/mol. The summed E-state index contributed by atoms with van der Waals surface area (Å²) in [7, 11) is 0. The number of amides is 6. The summed E-state index contributed by atoms with van der Waals surface area (Å²) in [5, 5.41) is 33.0. The van der Waals surface area contributed by atoms with Crippen molar-refractivity contribution in [2.75, 3.05) is 31.5 Å². The Bertz CT molecular complexity index is 2400. The number of imidazole rings is 1. The zero-order chi connectivity index (χ0) is 51.0. The van der Waals surface area contributed by atoms with Crippen LogP contribution in [0.15, 0.2) is 72.1 Å². The highest BCUT2D eigenvalue weighted by molar-refractivity contribution is 5.99. The highest BCUT2D eigenvalue weighted by Crippen LogP contribution is 2.17. The van der Waals surface area contributed by atoms with Gasteiger partial charge in [0.1, 0.15) is 30.0 Å². The molecular formula is C47H66N14O9. The maximum Gasteiger partial charge on any atom is 0.308 e. The molecule has 2 aromatic heterocycles. The second kappa shape index (κ2) is 28.5. The van der Waals surface area contributed by atoms with Crippen molar-refractivity contribution in [3.63, 3.8) is 0 Å². The van der Waals surface area contributed by atoms with E-state index in [1.165, 1.54) is 6.92 Å². The van der Waals surface area contributed by atoms with Crippen LogP contribution in [0.5, 0.6) is 0 Å². The van der Waals surface area contributed by atoms with Crippen molar-refractivity contribution in [2.45, 2.75) is 109 Å². The van der Waals surface area contributed by atoms with Crippen LogP contribution in [-0.4, -0.2) is 128 Å². The molecule has 0 aliphatic carbocycles. The fraction of sp³-hybridized carbons (Fsp3) is 0.468. The monoisotopic (exact) mass is 971 g/mol. The van der Waals surface area contributed by atoms with Gasteiger partial charge in [-0.05, 0) is 56.4 Å². The van der Waals surface area contributed by atoms with E-state index >= 15 is 0 Å². The van der Waals surface area contributed by atoms with E-state index in [1.54, 1.807) is 61.9 Å². The quantitative estimate of drug-likeness (QED) is 0.0310. The summed E-state index contributed by atoms with van der Waals surface area (Å²) in [5.74, 6) is -4.90. The number of carboxylic acids is 1. The lowest BCUT2D eigenvalue weighted by Gasteiger charge is -2.26. The molecule has 5 rings (SSSR count). The molecule has 3 heterocycles. The average molecular weight is 971 g/mol. The summed E-state index contributed by atoms with van der Waals surface area (Å²) in [4.78, 5) is 112. The first-order chi connectivity index (χ1) is 33.5. The van der Waals surface area contributed by atoms with Crippen molar-refractivity contribution < 1.29 is 43.5 Å². The van der Waals surface area contributed by atoms with E-state index in [9.17, 15) is 38.4 Å². The minimum atomic E-state index is -1.28. The molecule has 2 aromatic carbocycles. The Kier molecular flexibility index (Phi) is 22.3. The van der Waals surface area contributed by atoms with E-state index in [2.05, 4.69) is 57.3 Å². The van der Waals surface area contributed by atoms with Crippen LogP contribution < -0.4 is 48.7 Å². The lowest BCUT2D eigenvalue weighted by atomic mass is 10.0. The lowest BCUT2D eigenvalue weighted by Crippen LogP contribution is -2.58. The van der Waals surface area contributed by atoms with Gasteiger partial charge in [0.05, 0.1) is 24.2 Å². The minimum Gasteiger partial charge on any atom is -0.481 e. The predicted octanol–water partition coefficient (Wildman–Crippen LogP) is 0.623. The molecule has 0 saturated carbocycles. The molecule has 6 amide bonds. The van der Waals surface area contributed by atoms with E-state index < -0.39 is 72.1 Å². The van der Waals surface area contributed by atoms with Crippen molar-refractivity contribution >= 4 is 70.0 Å². The number of carboxylic acid groups (broad SMARTS) is 1. The molecule has 1 aliphatic heterocycles. The number of hydrogen-bond donors (Lipinski definition) is 11. The van der Waals surface area contributed by atoms with Gasteiger partial charge in [-0.15, -0.1) is 0 Å². The number of rotatable bonds is 21.